The molecule has 0 aliphatic carbocycles. The van der Waals surface area contributed by atoms with Crippen LogP contribution in [0.25, 0.3) is 0 Å². The second kappa shape index (κ2) is 7.49. The number of carbonyl (C=O) groups is 2. The quantitative estimate of drug-likeness (QED) is 0.732. The van der Waals surface area contributed by atoms with Crippen LogP contribution < -0.4 is 21.1 Å². The smallest absolute Gasteiger partial charge is 0.318 e. The number of ether oxygens (including phenoxy) is 1. The van der Waals surface area contributed by atoms with E-state index in [-0.39, 0.29) is 6.04 Å². The van der Waals surface area contributed by atoms with Crippen LogP contribution in [0.2, 0.25) is 0 Å². The predicted molar refractivity (Wildman–Crippen MR) is 76.3 cm³/mol. The maximum Gasteiger partial charge on any atom is 0.318 e. The van der Waals surface area contributed by atoms with E-state index in [0.29, 0.717) is 5.75 Å². The van der Waals surface area contributed by atoms with Crippen molar-refractivity contribution in [2.75, 3.05) is 6.54 Å². The fraction of sp³-hybridized carbons (Fsp3) is 0.429. The number of amides is 3. The van der Waals surface area contributed by atoms with Crippen molar-refractivity contribution in [2.45, 2.75) is 32.9 Å². The van der Waals surface area contributed by atoms with Crippen LogP contribution in [0.1, 0.15) is 32.4 Å². The van der Waals surface area contributed by atoms with E-state index >= 15 is 0 Å². The Balaban J connectivity index is 2.61. The van der Waals surface area contributed by atoms with Gasteiger partial charge in [0.15, 0.2) is 6.10 Å². The second-order valence-electron chi connectivity index (χ2n) is 4.46. The Morgan fingerprint density at radius 2 is 1.85 bits per heavy atom. The van der Waals surface area contributed by atoms with E-state index in [1.807, 2.05) is 24.4 Å². The maximum absolute atomic E-state index is 11.5. The van der Waals surface area contributed by atoms with Crippen molar-refractivity contribution >= 4 is 11.9 Å². The molecular formula is C14H21N3O3. The minimum atomic E-state index is -0.889. The third-order valence-corrected chi connectivity index (χ3v) is 2.82. The average molecular weight is 279 g/mol. The summed E-state index contributed by atoms with van der Waals surface area (Å²) in [6.45, 7) is 6.56. The van der Waals surface area contributed by atoms with Gasteiger partial charge in [0.2, 0.25) is 0 Å². The molecule has 20 heavy (non-hydrogen) atoms. The van der Waals surface area contributed by atoms with Crippen molar-refractivity contribution < 1.29 is 14.3 Å². The monoisotopic (exact) mass is 279 g/mol. The topological polar surface area (TPSA) is 93.4 Å². The van der Waals surface area contributed by atoms with Crippen LogP contribution in [0, 0.1) is 0 Å². The third kappa shape index (κ3) is 4.89. The van der Waals surface area contributed by atoms with Crippen molar-refractivity contribution in [2.24, 2.45) is 5.73 Å². The first-order chi connectivity index (χ1) is 9.43. The first kappa shape index (κ1) is 16.0. The molecule has 0 fully saturated rings. The highest BCUT2D eigenvalue weighted by molar-refractivity contribution is 5.95. The summed E-state index contributed by atoms with van der Waals surface area (Å²) in [4.78, 5) is 22.0. The molecule has 6 nitrogen and oxygen atoms in total. The zero-order valence-corrected chi connectivity index (χ0v) is 12.0. The predicted octanol–water partition coefficient (Wildman–Crippen LogP) is 1.32. The molecule has 2 unspecified atom stereocenters. The summed E-state index contributed by atoms with van der Waals surface area (Å²) >= 11 is 0. The Kier molecular flexibility index (Phi) is 5.99. The van der Waals surface area contributed by atoms with E-state index in [1.54, 1.807) is 19.1 Å². The number of hydrogen-bond acceptors (Lipinski definition) is 4. The van der Waals surface area contributed by atoms with Gasteiger partial charge in [0.05, 0.1) is 0 Å². The van der Waals surface area contributed by atoms with Crippen LogP contribution in [0.15, 0.2) is 24.3 Å². The van der Waals surface area contributed by atoms with Crippen LogP contribution in [0.5, 0.6) is 5.75 Å². The van der Waals surface area contributed by atoms with Gasteiger partial charge in [-0.25, -0.2) is 4.79 Å². The molecule has 1 aromatic rings. The summed E-state index contributed by atoms with van der Waals surface area (Å²) in [5.74, 6) is -0.00726. The second-order valence-corrected chi connectivity index (χ2v) is 4.46. The van der Waals surface area contributed by atoms with Gasteiger partial charge in [-0.2, -0.15) is 0 Å². The molecule has 0 aromatic heterocycles. The number of benzene rings is 1. The van der Waals surface area contributed by atoms with Crippen molar-refractivity contribution in [3.05, 3.63) is 29.8 Å². The first-order valence-corrected chi connectivity index (χ1v) is 6.54. The fourth-order valence-corrected chi connectivity index (χ4v) is 1.74. The van der Waals surface area contributed by atoms with Crippen LogP contribution in [-0.2, 0) is 4.79 Å². The number of nitrogens with one attached hydrogen (secondary N) is 2. The number of primary amides is 1. The van der Waals surface area contributed by atoms with Crippen molar-refractivity contribution in [3.8, 4) is 5.75 Å². The molecule has 6 heteroatoms. The molecule has 2 atom stereocenters. The normalized spacial score (nSPS) is 13.3. The van der Waals surface area contributed by atoms with Gasteiger partial charge in [-0.05, 0) is 38.1 Å². The number of nitrogens with two attached hydrogens (primary N) is 1. The number of hydrogen-bond donors (Lipinski definition) is 3. The Hall–Kier alpha value is -2.08. The van der Waals surface area contributed by atoms with E-state index in [4.69, 9.17) is 10.5 Å². The van der Waals surface area contributed by atoms with Crippen molar-refractivity contribution in [1.82, 2.24) is 10.6 Å². The van der Waals surface area contributed by atoms with Gasteiger partial charge in [0.25, 0.3) is 5.91 Å². The number of urea groups is 1. The van der Waals surface area contributed by atoms with Gasteiger partial charge in [-0.1, -0.05) is 19.1 Å². The summed E-state index contributed by atoms with van der Waals surface area (Å²) in [5, 5.41) is 5.28. The van der Waals surface area contributed by atoms with Gasteiger partial charge in [0, 0.05) is 6.04 Å². The largest absolute Gasteiger partial charge is 0.481 e. The molecule has 0 saturated heterocycles. The van der Waals surface area contributed by atoms with Gasteiger partial charge in [-0.3, -0.25) is 10.1 Å². The van der Waals surface area contributed by atoms with E-state index in [1.165, 1.54) is 0 Å². The Bertz CT molecular complexity index is 459. The van der Waals surface area contributed by atoms with Crippen LogP contribution in [0.4, 0.5) is 4.79 Å². The molecule has 0 bridgehead atoms. The molecule has 4 N–H and O–H groups in total. The molecular weight excluding hydrogens is 258 g/mol. The zero-order chi connectivity index (χ0) is 15.1. The van der Waals surface area contributed by atoms with Gasteiger partial charge in [0.1, 0.15) is 5.75 Å². The lowest BCUT2D eigenvalue weighted by molar-refractivity contribution is -0.126. The van der Waals surface area contributed by atoms with Crippen molar-refractivity contribution in [3.63, 3.8) is 0 Å². The lowest BCUT2D eigenvalue weighted by Gasteiger charge is -2.16. The lowest BCUT2D eigenvalue weighted by atomic mass is 10.1. The van der Waals surface area contributed by atoms with Crippen LogP contribution >= 0.6 is 0 Å². The third-order valence-electron chi connectivity index (χ3n) is 2.82. The Morgan fingerprint density at radius 3 is 2.35 bits per heavy atom. The van der Waals surface area contributed by atoms with Gasteiger partial charge < -0.3 is 15.8 Å². The zero-order valence-electron chi connectivity index (χ0n) is 12.0. The highest BCUT2D eigenvalue weighted by atomic mass is 16.5. The molecule has 0 radical (unpaired) electrons. The molecule has 0 spiro atoms. The number of rotatable bonds is 6. The van der Waals surface area contributed by atoms with Crippen LogP contribution in [0.3, 0.4) is 0 Å². The van der Waals surface area contributed by atoms with E-state index < -0.39 is 18.0 Å². The Morgan fingerprint density at radius 1 is 1.25 bits per heavy atom. The minimum Gasteiger partial charge on any atom is -0.481 e. The fourth-order valence-electron chi connectivity index (χ4n) is 1.74. The van der Waals surface area contributed by atoms with E-state index in [0.717, 1.165) is 12.1 Å². The summed E-state index contributed by atoms with van der Waals surface area (Å²) < 4.78 is 5.43. The number of imide groups is 1. The first-order valence-electron chi connectivity index (χ1n) is 6.54. The summed E-state index contributed by atoms with van der Waals surface area (Å²) in [5.41, 5.74) is 6.01. The lowest BCUT2D eigenvalue weighted by Crippen LogP contribution is -2.42. The molecule has 0 heterocycles. The molecule has 1 rings (SSSR count). The maximum atomic E-state index is 11.5. The SMILES string of the molecule is CCNC(C)c1ccc(OC(C)C(=O)NC(N)=O)cc1. The molecule has 0 aliphatic rings. The van der Waals surface area contributed by atoms with E-state index in [9.17, 15) is 9.59 Å². The number of carbonyl (C=O) groups excluding carboxylic acids is 2. The van der Waals surface area contributed by atoms with Gasteiger partial charge in [-0.15, -0.1) is 0 Å². The summed E-state index contributed by atoms with van der Waals surface area (Å²) in [7, 11) is 0. The Labute approximate surface area is 118 Å². The minimum absolute atomic E-state index is 0.254. The molecule has 1 aromatic carbocycles. The molecule has 110 valence electrons. The molecule has 0 saturated carbocycles. The summed E-state index contributed by atoms with van der Waals surface area (Å²) in [6, 6.07) is 6.81. The van der Waals surface area contributed by atoms with E-state index in [2.05, 4.69) is 12.2 Å². The average Bonchev–Trinajstić information content (AvgIpc) is 2.39. The highest BCUT2D eigenvalue weighted by Crippen LogP contribution is 2.18. The van der Waals surface area contributed by atoms with Crippen LogP contribution in [-0.4, -0.2) is 24.6 Å². The highest BCUT2D eigenvalue weighted by Gasteiger charge is 2.16. The van der Waals surface area contributed by atoms with Crippen molar-refractivity contribution in [1.29, 1.82) is 0 Å². The molecule has 0 aliphatic heterocycles. The standard InChI is InChI=1S/C14H21N3O3/c1-4-16-9(2)11-5-7-12(8-6-11)20-10(3)13(18)17-14(15)19/h5-10,16H,4H2,1-3H3,(H3,15,17,18,19). The summed E-state index contributed by atoms with van der Waals surface area (Å²) in [6.07, 6.45) is -0.792. The molecule has 3 amide bonds. The van der Waals surface area contributed by atoms with Gasteiger partial charge >= 0.3 is 6.03 Å².